The molecule has 0 aromatic carbocycles. The molecule has 2 nitrogen and oxygen atoms in total. The second kappa shape index (κ2) is 5.27. The van der Waals surface area contributed by atoms with Gasteiger partial charge in [-0.3, -0.25) is 0 Å². The van der Waals surface area contributed by atoms with Crippen molar-refractivity contribution < 1.29 is 0 Å². The minimum atomic E-state index is 0.631. The number of nitrogens with zero attached hydrogens (tertiary/aromatic N) is 1. The van der Waals surface area contributed by atoms with Gasteiger partial charge in [0.25, 0.3) is 0 Å². The van der Waals surface area contributed by atoms with Gasteiger partial charge in [-0.1, -0.05) is 13.8 Å². The Hall–Kier alpha value is -0.0800. The summed E-state index contributed by atoms with van der Waals surface area (Å²) in [6.45, 7) is 9.47. The first-order chi connectivity index (χ1) is 8.01. The van der Waals surface area contributed by atoms with Gasteiger partial charge in [-0.15, -0.1) is 0 Å². The van der Waals surface area contributed by atoms with E-state index in [-0.39, 0.29) is 0 Å². The summed E-state index contributed by atoms with van der Waals surface area (Å²) >= 11 is 0. The van der Waals surface area contributed by atoms with Crippen molar-refractivity contribution in [3.63, 3.8) is 0 Å². The Morgan fingerprint density at radius 1 is 1.24 bits per heavy atom. The van der Waals surface area contributed by atoms with E-state index in [2.05, 4.69) is 38.0 Å². The van der Waals surface area contributed by atoms with Crippen LogP contribution in [0.2, 0.25) is 0 Å². The Morgan fingerprint density at radius 3 is 2.35 bits per heavy atom. The maximum atomic E-state index is 3.63. The average molecular weight is 238 g/mol. The molecular weight excluding hydrogens is 208 g/mol. The fourth-order valence-corrected chi connectivity index (χ4v) is 2.72. The van der Waals surface area contributed by atoms with Crippen molar-refractivity contribution in [2.75, 3.05) is 20.1 Å². The number of rotatable bonds is 8. The Kier molecular flexibility index (Phi) is 4.14. The van der Waals surface area contributed by atoms with Crippen molar-refractivity contribution >= 4 is 0 Å². The van der Waals surface area contributed by atoms with Gasteiger partial charge in [-0.2, -0.15) is 0 Å². The predicted octanol–water partition coefficient (Wildman–Crippen LogP) is 2.89. The van der Waals surface area contributed by atoms with Crippen molar-refractivity contribution in [1.82, 2.24) is 10.2 Å². The molecule has 2 aliphatic carbocycles. The molecule has 2 rings (SSSR count). The Bertz CT molecular complexity index is 241. The summed E-state index contributed by atoms with van der Waals surface area (Å²) in [5.41, 5.74) is 0.640. The van der Waals surface area contributed by atoms with E-state index < -0.39 is 0 Å². The van der Waals surface area contributed by atoms with E-state index in [1.165, 1.54) is 45.2 Å². The third-order valence-corrected chi connectivity index (χ3v) is 4.57. The van der Waals surface area contributed by atoms with E-state index in [9.17, 15) is 0 Å². The summed E-state index contributed by atoms with van der Waals surface area (Å²) in [5.74, 6) is 1.02. The first kappa shape index (κ1) is 13.4. The lowest BCUT2D eigenvalue weighted by molar-refractivity contribution is 0.202. The molecule has 0 heterocycles. The number of nitrogens with one attached hydrogen (secondary N) is 1. The molecule has 0 aromatic heterocycles. The highest BCUT2D eigenvalue weighted by Crippen LogP contribution is 2.49. The van der Waals surface area contributed by atoms with Crippen LogP contribution < -0.4 is 5.32 Å². The SMILES string of the molecule is CC(C)NCC1(CC(C)N(C)CC2CC2)CC1. The number of hydrogen-bond donors (Lipinski definition) is 1. The van der Waals surface area contributed by atoms with Crippen LogP contribution >= 0.6 is 0 Å². The molecule has 0 saturated heterocycles. The third kappa shape index (κ3) is 4.26. The summed E-state index contributed by atoms with van der Waals surface area (Å²) in [6.07, 6.45) is 7.20. The molecule has 17 heavy (non-hydrogen) atoms. The molecule has 0 aliphatic heterocycles. The normalized spacial score (nSPS) is 24.4. The van der Waals surface area contributed by atoms with E-state index in [0.717, 1.165) is 12.0 Å². The zero-order valence-corrected chi connectivity index (χ0v) is 12.1. The van der Waals surface area contributed by atoms with Crippen LogP contribution in [-0.4, -0.2) is 37.1 Å². The molecule has 2 fully saturated rings. The standard InChI is InChI=1S/C15H30N2/c1-12(2)16-11-15(7-8-15)9-13(3)17(4)10-14-5-6-14/h12-14,16H,5-11H2,1-4H3. The van der Waals surface area contributed by atoms with Gasteiger partial charge >= 0.3 is 0 Å². The molecule has 2 saturated carbocycles. The lowest BCUT2D eigenvalue weighted by atomic mass is 9.96. The van der Waals surface area contributed by atoms with Crippen molar-refractivity contribution in [3.05, 3.63) is 0 Å². The van der Waals surface area contributed by atoms with Gasteiger partial charge in [-0.05, 0) is 57.4 Å². The van der Waals surface area contributed by atoms with Gasteiger partial charge in [0.15, 0.2) is 0 Å². The highest BCUT2D eigenvalue weighted by molar-refractivity contribution is 4.97. The van der Waals surface area contributed by atoms with Gasteiger partial charge in [0, 0.05) is 25.2 Å². The average Bonchev–Trinajstić information content (AvgIpc) is 3.12. The van der Waals surface area contributed by atoms with Gasteiger partial charge in [0.2, 0.25) is 0 Å². The van der Waals surface area contributed by atoms with Crippen LogP contribution in [0.3, 0.4) is 0 Å². The highest BCUT2D eigenvalue weighted by atomic mass is 15.1. The highest BCUT2D eigenvalue weighted by Gasteiger charge is 2.43. The van der Waals surface area contributed by atoms with Gasteiger partial charge < -0.3 is 10.2 Å². The molecule has 1 N–H and O–H groups in total. The second-order valence-electron chi connectivity index (χ2n) is 6.97. The van der Waals surface area contributed by atoms with E-state index >= 15 is 0 Å². The van der Waals surface area contributed by atoms with Crippen LogP contribution in [0.1, 0.15) is 52.9 Å². The summed E-state index contributed by atoms with van der Waals surface area (Å²) in [6, 6.07) is 1.39. The molecule has 0 bridgehead atoms. The summed E-state index contributed by atoms with van der Waals surface area (Å²) in [4.78, 5) is 2.59. The molecule has 1 unspecified atom stereocenters. The Balaban J connectivity index is 1.70. The molecule has 0 spiro atoms. The zero-order chi connectivity index (χ0) is 12.5. The van der Waals surface area contributed by atoms with Gasteiger partial charge in [-0.25, -0.2) is 0 Å². The number of hydrogen-bond acceptors (Lipinski definition) is 2. The molecule has 1 atom stereocenters. The lowest BCUT2D eigenvalue weighted by Crippen LogP contribution is -2.37. The topological polar surface area (TPSA) is 15.3 Å². The van der Waals surface area contributed by atoms with Crippen molar-refractivity contribution in [2.45, 2.75) is 65.0 Å². The Morgan fingerprint density at radius 2 is 1.88 bits per heavy atom. The quantitative estimate of drug-likeness (QED) is 0.699. The molecular formula is C15H30N2. The maximum absolute atomic E-state index is 3.63. The van der Waals surface area contributed by atoms with Crippen molar-refractivity contribution in [2.24, 2.45) is 11.3 Å². The smallest absolute Gasteiger partial charge is 0.00697 e. The first-order valence-electron chi connectivity index (χ1n) is 7.44. The van der Waals surface area contributed by atoms with E-state index in [4.69, 9.17) is 0 Å². The van der Waals surface area contributed by atoms with Crippen molar-refractivity contribution in [1.29, 1.82) is 0 Å². The van der Waals surface area contributed by atoms with Crippen LogP contribution in [0.4, 0.5) is 0 Å². The van der Waals surface area contributed by atoms with Crippen LogP contribution in [0.5, 0.6) is 0 Å². The monoisotopic (exact) mass is 238 g/mol. The second-order valence-corrected chi connectivity index (χ2v) is 6.97. The maximum Gasteiger partial charge on any atom is 0.00697 e. The fourth-order valence-electron chi connectivity index (χ4n) is 2.72. The van der Waals surface area contributed by atoms with Gasteiger partial charge in [0.1, 0.15) is 0 Å². The van der Waals surface area contributed by atoms with Gasteiger partial charge in [0.05, 0.1) is 0 Å². The summed E-state index contributed by atoms with van der Waals surface area (Å²) in [7, 11) is 2.31. The minimum absolute atomic E-state index is 0.631. The molecule has 0 aromatic rings. The van der Waals surface area contributed by atoms with Crippen LogP contribution in [0.25, 0.3) is 0 Å². The Labute approximate surface area is 107 Å². The summed E-state index contributed by atoms with van der Waals surface area (Å²) < 4.78 is 0. The zero-order valence-electron chi connectivity index (χ0n) is 12.1. The van der Waals surface area contributed by atoms with Crippen LogP contribution in [0.15, 0.2) is 0 Å². The van der Waals surface area contributed by atoms with Crippen LogP contribution in [-0.2, 0) is 0 Å². The third-order valence-electron chi connectivity index (χ3n) is 4.57. The fraction of sp³-hybridized carbons (Fsp3) is 1.00. The molecule has 0 amide bonds. The molecule has 2 heteroatoms. The lowest BCUT2D eigenvalue weighted by Gasteiger charge is -2.29. The first-order valence-corrected chi connectivity index (χ1v) is 7.44. The van der Waals surface area contributed by atoms with Crippen molar-refractivity contribution in [3.8, 4) is 0 Å². The predicted molar refractivity (Wildman–Crippen MR) is 74.2 cm³/mol. The minimum Gasteiger partial charge on any atom is -0.314 e. The molecule has 2 aliphatic rings. The molecule has 0 radical (unpaired) electrons. The largest absolute Gasteiger partial charge is 0.314 e. The van der Waals surface area contributed by atoms with E-state index in [0.29, 0.717) is 11.5 Å². The van der Waals surface area contributed by atoms with Crippen LogP contribution in [0, 0.1) is 11.3 Å². The molecule has 100 valence electrons. The van der Waals surface area contributed by atoms with E-state index in [1.807, 2.05) is 0 Å². The van der Waals surface area contributed by atoms with E-state index in [1.54, 1.807) is 0 Å². The summed E-state index contributed by atoms with van der Waals surface area (Å²) in [5, 5.41) is 3.63.